The molecular formula is C19H25NO2. The van der Waals surface area contributed by atoms with Crippen LogP contribution >= 0.6 is 0 Å². The Hall–Kier alpha value is -1.61. The summed E-state index contributed by atoms with van der Waals surface area (Å²) in [6, 6.07) is 10.2. The first kappa shape index (κ1) is 15.3. The van der Waals surface area contributed by atoms with E-state index in [-0.39, 0.29) is 18.0 Å². The van der Waals surface area contributed by atoms with E-state index in [1.165, 1.54) is 12.8 Å². The minimum absolute atomic E-state index is 0.0415. The van der Waals surface area contributed by atoms with Gasteiger partial charge in [0.2, 0.25) is 0 Å². The Morgan fingerprint density at radius 1 is 1.23 bits per heavy atom. The Kier molecular flexibility index (Phi) is 4.94. The van der Waals surface area contributed by atoms with E-state index in [9.17, 15) is 4.79 Å². The number of rotatable bonds is 4. The second-order valence-electron chi connectivity index (χ2n) is 6.27. The van der Waals surface area contributed by atoms with Gasteiger partial charge in [0.1, 0.15) is 6.10 Å². The van der Waals surface area contributed by atoms with E-state index in [1.54, 1.807) is 0 Å². The van der Waals surface area contributed by atoms with Gasteiger partial charge in [0.15, 0.2) is 0 Å². The number of hydrogen-bond donors (Lipinski definition) is 0. The molecule has 1 aliphatic carbocycles. The zero-order valence-corrected chi connectivity index (χ0v) is 13.3. The number of ether oxygens (including phenoxy) is 1. The minimum Gasteiger partial charge on any atom is -0.462 e. The molecule has 2 aliphatic rings. The SMILES string of the molecule is CCN1CC=C(c2ccccc2)C(C(=O)OC2CCCC2)C1. The van der Waals surface area contributed by atoms with Crippen molar-refractivity contribution in [3.05, 3.63) is 42.0 Å². The smallest absolute Gasteiger partial charge is 0.315 e. The quantitative estimate of drug-likeness (QED) is 0.797. The molecule has 1 heterocycles. The third-order valence-corrected chi connectivity index (χ3v) is 4.81. The van der Waals surface area contributed by atoms with Crippen LogP contribution < -0.4 is 0 Å². The van der Waals surface area contributed by atoms with Crippen LogP contribution in [0.15, 0.2) is 36.4 Å². The monoisotopic (exact) mass is 299 g/mol. The van der Waals surface area contributed by atoms with Crippen molar-refractivity contribution in [2.75, 3.05) is 19.6 Å². The highest BCUT2D eigenvalue weighted by atomic mass is 16.5. The third kappa shape index (κ3) is 3.41. The Bertz CT molecular complexity index is 532. The van der Waals surface area contributed by atoms with Crippen molar-refractivity contribution in [1.29, 1.82) is 0 Å². The summed E-state index contributed by atoms with van der Waals surface area (Å²) in [5.74, 6) is -0.197. The van der Waals surface area contributed by atoms with Gasteiger partial charge in [-0.25, -0.2) is 0 Å². The molecule has 1 fully saturated rings. The van der Waals surface area contributed by atoms with Crippen LogP contribution in [-0.2, 0) is 9.53 Å². The average molecular weight is 299 g/mol. The molecule has 118 valence electrons. The maximum Gasteiger partial charge on any atom is 0.315 e. The molecule has 1 aromatic carbocycles. The molecule has 3 heteroatoms. The van der Waals surface area contributed by atoms with Crippen molar-refractivity contribution in [3.63, 3.8) is 0 Å². The summed E-state index contributed by atoms with van der Waals surface area (Å²) in [5, 5.41) is 0. The molecule has 1 unspecified atom stereocenters. The van der Waals surface area contributed by atoms with Crippen molar-refractivity contribution in [1.82, 2.24) is 4.90 Å². The first-order valence-corrected chi connectivity index (χ1v) is 8.46. The van der Waals surface area contributed by atoms with Gasteiger partial charge in [-0.2, -0.15) is 0 Å². The number of esters is 1. The molecular weight excluding hydrogens is 274 g/mol. The highest BCUT2D eigenvalue weighted by Crippen LogP contribution is 2.30. The molecule has 1 atom stereocenters. The van der Waals surface area contributed by atoms with E-state index in [0.717, 1.165) is 43.6 Å². The maximum absolute atomic E-state index is 12.7. The van der Waals surface area contributed by atoms with E-state index in [2.05, 4.69) is 30.0 Å². The van der Waals surface area contributed by atoms with E-state index >= 15 is 0 Å². The van der Waals surface area contributed by atoms with Gasteiger partial charge in [0.25, 0.3) is 0 Å². The van der Waals surface area contributed by atoms with Crippen LogP contribution in [0.4, 0.5) is 0 Å². The summed E-state index contributed by atoms with van der Waals surface area (Å²) in [6.07, 6.45) is 6.77. The van der Waals surface area contributed by atoms with Gasteiger partial charge in [-0.15, -0.1) is 0 Å². The highest BCUT2D eigenvalue weighted by molar-refractivity contribution is 5.89. The lowest BCUT2D eigenvalue weighted by Crippen LogP contribution is -2.39. The Balaban J connectivity index is 1.79. The van der Waals surface area contributed by atoms with Crippen LogP contribution in [0.25, 0.3) is 5.57 Å². The number of carbonyl (C=O) groups is 1. The topological polar surface area (TPSA) is 29.5 Å². The normalized spacial score (nSPS) is 23.3. The number of likely N-dealkylation sites (N-methyl/N-ethyl adjacent to an activating group) is 1. The zero-order valence-electron chi connectivity index (χ0n) is 13.3. The molecule has 3 nitrogen and oxygen atoms in total. The first-order chi connectivity index (χ1) is 10.8. The second-order valence-corrected chi connectivity index (χ2v) is 6.27. The second kappa shape index (κ2) is 7.10. The lowest BCUT2D eigenvalue weighted by atomic mass is 9.89. The minimum atomic E-state index is -0.156. The molecule has 0 spiro atoms. The average Bonchev–Trinajstić information content (AvgIpc) is 3.08. The number of carbonyl (C=O) groups excluding carboxylic acids is 1. The van der Waals surface area contributed by atoms with Crippen molar-refractivity contribution in [2.24, 2.45) is 5.92 Å². The number of hydrogen-bond acceptors (Lipinski definition) is 3. The fraction of sp³-hybridized carbons (Fsp3) is 0.526. The van der Waals surface area contributed by atoms with Gasteiger partial charge in [0.05, 0.1) is 5.92 Å². The fourth-order valence-electron chi connectivity index (χ4n) is 3.46. The van der Waals surface area contributed by atoms with Crippen molar-refractivity contribution < 1.29 is 9.53 Å². The van der Waals surface area contributed by atoms with Crippen molar-refractivity contribution in [2.45, 2.75) is 38.7 Å². The Labute approximate surface area is 133 Å². The molecule has 0 aromatic heterocycles. The molecule has 0 N–H and O–H groups in total. The van der Waals surface area contributed by atoms with Crippen molar-refractivity contribution in [3.8, 4) is 0 Å². The van der Waals surface area contributed by atoms with Gasteiger partial charge in [-0.1, -0.05) is 43.3 Å². The molecule has 3 rings (SSSR count). The van der Waals surface area contributed by atoms with Gasteiger partial charge in [-0.3, -0.25) is 9.69 Å². The number of nitrogens with zero attached hydrogens (tertiary/aromatic N) is 1. The van der Waals surface area contributed by atoms with Crippen LogP contribution in [0, 0.1) is 5.92 Å². The molecule has 1 saturated carbocycles. The van der Waals surface area contributed by atoms with Crippen LogP contribution in [0.1, 0.15) is 38.2 Å². The van der Waals surface area contributed by atoms with Crippen LogP contribution in [0.3, 0.4) is 0 Å². The third-order valence-electron chi connectivity index (χ3n) is 4.81. The summed E-state index contributed by atoms with van der Waals surface area (Å²) in [6.45, 7) is 4.78. The molecule has 22 heavy (non-hydrogen) atoms. The summed E-state index contributed by atoms with van der Waals surface area (Å²) in [7, 11) is 0. The number of benzene rings is 1. The Morgan fingerprint density at radius 3 is 2.64 bits per heavy atom. The largest absolute Gasteiger partial charge is 0.462 e. The molecule has 0 bridgehead atoms. The fourth-order valence-corrected chi connectivity index (χ4v) is 3.46. The molecule has 1 aliphatic heterocycles. The molecule has 1 aromatic rings. The van der Waals surface area contributed by atoms with Gasteiger partial charge in [-0.05, 0) is 43.4 Å². The summed E-state index contributed by atoms with van der Waals surface area (Å²) < 4.78 is 5.79. The zero-order chi connectivity index (χ0) is 15.4. The van der Waals surface area contributed by atoms with Gasteiger partial charge in [0, 0.05) is 13.1 Å². The summed E-state index contributed by atoms with van der Waals surface area (Å²) in [5.41, 5.74) is 2.28. The summed E-state index contributed by atoms with van der Waals surface area (Å²) >= 11 is 0. The Morgan fingerprint density at radius 2 is 1.95 bits per heavy atom. The first-order valence-electron chi connectivity index (χ1n) is 8.46. The maximum atomic E-state index is 12.7. The lowest BCUT2D eigenvalue weighted by Gasteiger charge is -2.31. The van der Waals surface area contributed by atoms with E-state index in [0.29, 0.717) is 0 Å². The predicted octanol–water partition coefficient (Wildman–Crippen LogP) is 3.51. The van der Waals surface area contributed by atoms with Crippen LogP contribution in [-0.4, -0.2) is 36.6 Å². The van der Waals surface area contributed by atoms with Crippen LogP contribution in [0.2, 0.25) is 0 Å². The predicted molar refractivity (Wildman–Crippen MR) is 88.4 cm³/mol. The molecule has 0 amide bonds. The van der Waals surface area contributed by atoms with Crippen LogP contribution in [0.5, 0.6) is 0 Å². The lowest BCUT2D eigenvalue weighted by molar-refractivity contribution is -0.152. The summed E-state index contributed by atoms with van der Waals surface area (Å²) in [4.78, 5) is 15.0. The molecule has 0 saturated heterocycles. The standard InChI is InChI=1S/C19H25NO2/c1-2-20-13-12-17(15-8-4-3-5-9-15)18(14-20)19(21)22-16-10-6-7-11-16/h3-5,8-9,12,16,18H,2,6-7,10-11,13-14H2,1H3. The van der Waals surface area contributed by atoms with Gasteiger partial charge < -0.3 is 4.74 Å². The molecule has 0 radical (unpaired) electrons. The van der Waals surface area contributed by atoms with E-state index in [4.69, 9.17) is 4.74 Å². The van der Waals surface area contributed by atoms with E-state index in [1.807, 2.05) is 18.2 Å². The van der Waals surface area contributed by atoms with Gasteiger partial charge >= 0.3 is 5.97 Å². The van der Waals surface area contributed by atoms with Crippen molar-refractivity contribution >= 4 is 11.5 Å². The van der Waals surface area contributed by atoms with E-state index < -0.39 is 0 Å². The highest BCUT2D eigenvalue weighted by Gasteiger charge is 2.32.